The Kier molecular flexibility index (Phi) is 3.32. The minimum absolute atomic E-state index is 0.757. The number of hydrogen-bond acceptors (Lipinski definition) is 3. The molecule has 0 bridgehead atoms. The number of fused-ring (bicyclic) bond motifs is 1. The van der Waals surface area contributed by atoms with Crippen molar-refractivity contribution in [1.29, 1.82) is 0 Å². The molecule has 0 aliphatic carbocycles. The highest BCUT2D eigenvalue weighted by Gasteiger charge is 2.12. The first kappa shape index (κ1) is 13.7. The minimum atomic E-state index is 0.757. The standard InChI is InChI=1S/C17H12BrN3S/c1-11-2-4-12(5-3-11)15-10-22-17-19-16(20-21(15)17)13-6-8-14(18)9-7-13/h2-10H,1H3. The Morgan fingerprint density at radius 2 is 1.64 bits per heavy atom. The van der Waals surface area contributed by atoms with Crippen LogP contribution in [-0.2, 0) is 0 Å². The number of nitrogens with zero attached hydrogens (tertiary/aromatic N) is 3. The summed E-state index contributed by atoms with van der Waals surface area (Å²) in [7, 11) is 0. The number of hydrogen-bond donors (Lipinski definition) is 0. The fourth-order valence-corrected chi connectivity index (χ4v) is 3.42. The fourth-order valence-electron chi connectivity index (χ4n) is 2.33. The summed E-state index contributed by atoms with van der Waals surface area (Å²) in [4.78, 5) is 5.54. The molecule has 5 heteroatoms. The third-order valence-corrected chi connectivity index (χ3v) is 4.88. The molecule has 2 aromatic carbocycles. The fraction of sp³-hybridized carbons (Fsp3) is 0.0588. The van der Waals surface area contributed by atoms with Gasteiger partial charge in [0.1, 0.15) is 0 Å². The topological polar surface area (TPSA) is 30.2 Å². The maximum absolute atomic E-state index is 4.67. The average molecular weight is 370 g/mol. The van der Waals surface area contributed by atoms with E-state index in [4.69, 9.17) is 0 Å². The predicted octanol–water partition coefficient (Wildman–Crippen LogP) is 5.20. The molecule has 0 fully saturated rings. The van der Waals surface area contributed by atoms with E-state index in [1.165, 1.54) is 5.56 Å². The molecule has 0 unspecified atom stereocenters. The summed E-state index contributed by atoms with van der Waals surface area (Å²) in [6.45, 7) is 2.09. The molecule has 0 N–H and O–H groups in total. The van der Waals surface area contributed by atoms with Gasteiger partial charge in [0.05, 0.1) is 5.69 Å². The molecule has 0 radical (unpaired) electrons. The van der Waals surface area contributed by atoms with Crippen molar-refractivity contribution in [2.75, 3.05) is 0 Å². The highest BCUT2D eigenvalue weighted by atomic mass is 79.9. The number of aromatic nitrogens is 3. The number of halogens is 1. The number of rotatable bonds is 2. The Morgan fingerprint density at radius 3 is 2.36 bits per heavy atom. The van der Waals surface area contributed by atoms with E-state index in [1.54, 1.807) is 11.3 Å². The van der Waals surface area contributed by atoms with Gasteiger partial charge in [-0.25, -0.2) is 4.52 Å². The average Bonchev–Trinajstić information content (AvgIpc) is 3.09. The van der Waals surface area contributed by atoms with E-state index in [0.29, 0.717) is 0 Å². The molecule has 4 aromatic rings. The Bertz CT molecular complexity index is 936. The number of benzene rings is 2. The maximum Gasteiger partial charge on any atom is 0.213 e. The highest BCUT2D eigenvalue weighted by molar-refractivity contribution is 9.10. The smallest absolute Gasteiger partial charge is 0.203 e. The molecule has 4 rings (SSSR count). The normalized spacial score (nSPS) is 11.2. The van der Waals surface area contributed by atoms with Crippen LogP contribution in [0, 0.1) is 6.92 Å². The first-order valence-electron chi connectivity index (χ1n) is 6.88. The third kappa shape index (κ3) is 2.36. The summed E-state index contributed by atoms with van der Waals surface area (Å²) in [6, 6.07) is 16.5. The monoisotopic (exact) mass is 369 g/mol. The van der Waals surface area contributed by atoms with Crippen LogP contribution >= 0.6 is 27.3 Å². The molecule has 0 saturated heterocycles. The lowest BCUT2D eigenvalue weighted by Crippen LogP contribution is -1.89. The van der Waals surface area contributed by atoms with Crippen LogP contribution in [0.25, 0.3) is 27.6 Å². The molecule has 2 heterocycles. The second-order valence-electron chi connectivity index (χ2n) is 5.12. The van der Waals surface area contributed by atoms with Gasteiger partial charge in [-0.05, 0) is 19.1 Å². The Balaban J connectivity index is 1.82. The van der Waals surface area contributed by atoms with Crippen molar-refractivity contribution in [3.63, 3.8) is 0 Å². The Hall–Kier alpha value is -1.98. The Labute approximate surface area is 140 Å². The summed E-state index contributed by atoms with van der Waals surface area (Å²) in [6.07, 6.45) is 0. The minimum Gasteiger partial charge on any atom is -0.203 e. The second-order valence-corrected chi connectivity index (χ2v) is 6.88. The van der Waals surface area contributed by atoms with Gasteiger partial charge in [0.15, 0.2) is 5.82 Å². The molecular weight excluding hydrogens is 358 g/mol. The summed E-state index contributed by atoms with van der Waals surface area (Å²) < 4.78 is 2.98. The first-order valence-corrected chi connectivity index (χ1v) is 8.55. The lowest BCUT2D eigenvalue weighted by Gasteiger charge is -1.99. The van der Waals surface area contributed by atoms with Gasteiger partial charge in [-0.1, -0.05) is 57.9 Å². The van der Waals surface area contributed by atoms with Crippen LogP contribution in [-0.4, -0.2) is 14.6 Å². The van der Waals surface area contributed by atoms with Gasteiger partial charge in [0.25, 0.3) is 0 Å². The van der Waals surface area contributed by atoms with Crippen LogP contribution in [0.1, 0.15) is 5.56 Å². The number of aryl methyl sites for hydroxylation is 1. The summed E-state index contributed by atoms with van der Waals surface area (Å²) in [5.41, 5.74) is 4.51. The molecule has 0 atom stereocenters. The van der Waals surface area contributed by atoms with Crippen molar-refractivity contribution in [3.8, 4) is 22.6 Å². The third-order valence-electron chi connectivity index (χ3n) is 3.53. The molecule has 0 aliphatic heterocycles. The summed E-state index contributed by atoms with van der Waals surface area (Å²) in [5, 5.41) is 6.77. The van der Waals surface area contributed by atoms with Gasteiger partial charge in [0.2, 0.25) is 4.96 Å². The molecule has 3 nitrogen and oxygen atoms in total. The van der Waals surface area contributed by atoms with Crippen molar-refractivity contribution in [2.24, 2.45) is 0 Å². The van der Waals surface area contributed by atoms with Gasteiger partial charge < -0.3 is 0 Å². The van der Waals surface area contributed by atoms with Crippen molar-refractivity contribution in [2.45, 2.75) is 6.92 Å². The van der Waals surface area contributed by atoms with E-state index in [0.717, 1.165) is 32.1 Å². The molecule has 0 amide bonds. The quantitative estimate of drug-likeness (QED) is 0.486. The van der Waals surface area contributed by atoms with Crippen LogP contribution in [0.4, 0.5) is 0 Å². The van der Waals surface area contributed by atoms with E-state index in [1.807, 2.05) is 28.8 Å². The number of thiazole rings is 1. The second kappa shape index (κ2) is 5.34. The summed E-state index contributed by atoms with van der Waals surface area (Å²) in [5.74, 6) is 0.757. The lowest BCUT2D eigenvalue weighted by molar-refractivity contribution is 0.989. The van der Waals surface area contributed by atoms with E-state index in [-0.39, 0.29) is 0 Å². The zero-order valence-electron chi connectivity index (χ0n) is 11.8. The van der Waals surface area contributed by atoms with Crippen molar-refractivity contribution < 1.29 is 0 Å². The molecule has 0 saturated carbocycles. The molecular formula is C17H12BrN3S. The first-order chi connectivity index (χ1) is 10.7. The van der Waals surface area contributed by atoms with Crippen LogP contribution in [0.2, 0.25) is 0 Å². The van der Waals surface area contributed by atoms with Gasteiger partial charge in [-0.2, -0.15) is 4.98 Å². The predicted molar refractivity (Wildman–Crippen MR) is 94.2 cm³/mol. The molecule has 0 aliphatic rings. The van der Waals surface area contributed by atoms with Crippen LogP contribution in [0.5, 0.6) is 0 Å². The van der Waals surface area contributed by atoms with Gasteiger partial charge >= 0.3 is 0 Å². The van der Waals surface area contributed by atoms with Crippen LogP contribution in [0.15, 0.2) is 58.4 Å². The SMILES string of the molecule is Cc1ccc(-c2csc3nc(-c4ccc(Br)cc4)nn23)cc1. The van der Waals surface area contributed by atoms with E-state index >= 15 is 0 Å². The van der Waals surface area contributed by atoms with Gasteiger partial charge in [-0.3, -0.25) is 0 Å². The van der Waals surface area contributed by atoms with E-state index in [9.17, 15) is 0 Å². The summed E-state index contributed by atoms with van der Waals surface area (Å²) >= 11 is 5.06. The zero-order chi connectivity index (χ0) is 15.1. The van der Waals surface area contributed by atoms with Gasteiger partial charge in [0, 0.05) is 21.0 Å². The zero-order valence-corrected chi connectivity index (χ0v) is 14.2. The molecule has 108 valence electrons. The molecule has 22 heavy (non-hydrogen) atoms. The lowest BCUT2D eigenvalue weighted by atomic mass is 10.1. The largest absolute Gasteiger partial charge is 0.213 e. The van der Waals surface area contributed by atoms with Crippen LogP contribution < -0.4 is 0 Å². The Morgan fingerprint density at radius 1 is 0.955 bits per heavy atom. The molecule has 2 aromatic heterocycles. The van der Waals surface area contributed by atoms with Gasteiger partial charge in [-0.15, -0.1) is 16.4 Å². The van der Waals surface area contributed by atoms with Crippen molar-refractivity contribution in [1.82, 2.24) is 14.6 Å². The van der Waals surface area contributed by atoms with Crippen LogP contribution in [0.3, 0.4) is 0 Å². The highest BCUT2D eigenvalue weighted by Crippen LogP contribution is 2.27. The molecule has 0 spiro atoms. The maximum atomic E-state index is 4.67. The van der Waals surface area contributed by atoms with Crippen molar-refractivity contribution >= 4 is 32.2 Å². The van der Waals surface area contributed by atoms with Crippen molar-refractivity contribution in [3.05, 3.63) is 63.9 Å². The van der Waals surface area contributed by atoms with E-state index < -0.39 is 0 Å². The van der Waals surface area contributed by atoms with E-state index in [2.05, 4.69) is 62.6 Å².